The number of aliphatic imine (C=N–C) groups is 1. The Morgan fingerprint density at radius 1 is 1.13 bits per heavy atom. The zero-order valence-corrected chi connectivity index (χ0v) is 17.3. The molecule has 1 atom stereocenters. The van der Waals surface area contributed by atoms with E-state index >= 15 is 0 Å². The predicted molar refractivity (Wildman–Crippen MR) is 119 cm³/mol. The predicted octanol–water partition coefficient (Wildman–Crippen LogP) is 4.99. The van der Waals surface area contributed by atoms with Gasteiger partial charge in [-0.05, 0) is 61.0 Å². The second-order valence-corrected chi connectivity index (χ2v) is 7.53. The number of hydrazone groups is 1. The van der Waals surface area contributed by atoms with Gasteiger partial charge in [-0.3, -0.25) is 0 Å². The molecule has 0 bridgehead atoms. The van der Waals surface area contributed by atoms with E-state index < -0.39 is 12.2 Å². The number of benzene rings is 2. The van der Waals surface area contributed by atoms with Gasteiger partial charge >= 0.3 is 6.03 Å². The van der Waals surface area contributed by atoms with Crippen LogP contribution in [0.15, 0.2) is 70.8 Å². The molecule has 6 nitrogen and oxygen atoms in total. The number of nitrogens with zero attached hydrogens (tertiary/aromatic N) is 4. The summed E-state index contributed by atoms with van der Waals surface area (Å²) in [7, 11) is 0. The molecule has 4 rings (SSSR count). The van der Waals surface area contributed by atoms with Gasteiger partial charge in [0.05, 0.1) is 17.3 Å². The zero-order chi connectivity index (χ0) is 21.3. The number of amides is 2. The lowest BCUT2D eigenvalue weighted by molar-refractivity contribution is 0.190. The van der Waals surface area contributed by atoms with Crippen molar-refractivity contribution in [1.82, 2.24) is 10.3 Å². The fourth-order valence-electron chi connectivity index (χ4n) is 3.11. The molecule has 1 unspecified atom stereocenters. The molecule has 0 saturated heterocycles. The summed E-state index contributed by atoms with van der Waals surface area (Å²) >= 11 is 12.4. The molecule has 0 radical (unpaired) electrons. The van der Waals surface area contributed by atoms with E-state index in [4.69, 9.17) is 28.5 Å². The summed E-state index contributed by atoms with van der Waals surface area (Å²) in [6, 6.07) is 13.7. The second kappa shape index (κ2) is 8.15. The molecule has 1 N–H and O–H groups in total. The van der Waals surface area contributed by atoms with Crippen molar-refractivity contribution in [3.63, 3.8) is 0 Å². The molecule has 0 aliphatic carbocycles. The Kier molecular flexibility index (Phi) is 5.40. The highest BCUT2D eigenvalue weighted by molar-refractivity contribution is 6.35. The highest BCUT2D eigenvalue weighted by Crippen LogP contribution is 2.29. The first kappa shape index (κ1) is 19.9. The number of hydrogen-bond donors (Lipinski definition) is 1. The lowest BCUT2D eigenvalue weighted by Gasteiger charge is -2.31. The van der Waals surface area contributed by atoms with Crippen LogP contribution in [0, 0.1) is 11.3 Å². The standard InChI is InChI=1S/C22H15Cl2N5O/c1-13-2-5-16(18-9-8-17(23)11-19(18)24)10-20-26-21(27-22(30)29(20)28-13)15-6-3-14(12-25)4-7-15/h2-11,20H,1H3,(H,26,27,30)/b5-2-,16-10-,28-13-. The number of allylic oxidation sites excluding steroid dienone is 3. The third-order valence-electron chi connectivity index (χ3n) is 4.59. The topological polar surface area (TPSA) is 80.8 Å². The van der Waals surface area contributed by atoms with Crippen molar-refractivity contribution in [2.24, 2.45) is 10.1 Å². The number of amidine groups is 1. The van der Waals surface area contributed by atoms with Crippen molar-refractivity contribution in [2.75, 3.05) is 0 Å². The van der Waals surface area contributed by atoms with E-state index in [2.05, 4.69) is 21.5 Å². The average Bonchev–Trinajstić information content (AvgIpc) is 2.72. The van der Waals surface area contributed by atoms with Gasteiger partial charge in [0.25, 0.3) is 0 Å². The van der Waals surface area contributed by atoms with E-state index in [0.717, 1.165) is 11.1 Å². The lowest BCUT2D eigenvalue weighted by atomic mass is 10.0. The zero-order valence-electron chi connectivity index (χ0n) is 15.8. The Morgan fingerprint density at radius 3 is 2.60 bits per heavy atom. The van der Waals surface area contributed by atoms with Crippen LogP contribution in [0.1, 0.15) is 23.6 Å². The minimum atomic E-state index is -0.581. The Balaban J connectivity index is 1.76. The molecular weight excluding hydrogens is 421 g/mol. The minimum Gasteiger partial charge on any atom is -0.344 e. The highest BCUT2D eigenvalue weighted by Gasteiger charge is 2.30. The number of nitrogens with one attached hydrogen (secondary N) is 1. The summed E-state index contributed by atoms with van der Waals surface area (Å²) in [4.78, 5) is 16.9. The maximum absolute atomic E-state index is 12.7. The van der Waals surface area contributed by atoms with Gasteiger partial charge in [0.15, 0.2) is 0 Å². The normalized spacial score (nSPS) is 22.7. The summed E-state index contributed by atoms with van der Waals surface area (Å²) in [5, 5.41) is 18.9. The third kappa shape index (κ3) is 3.99. The first-order valence-corrected chi connectivity index (χ1v) is 9.80. The van der Waals surface area contributed by atoms with E-state index in [1.165, 1.54) is 5.01 Å². The number of rotatable bonds is 2. The molecule has 0 saturated carbocycles. The third-order valence-corrected chi connectivity index (χ3v) is 5.14. The van der Waals surface area contributed by atoms with Crippen LogP contribution in [0.25, 0.3) is 5.57 Å². The van der Waals surface area contributed by atoms with E-state index in [1.807, 2.05) is 18.2 Å². The van der Waals surface area contributed by atoms with Crippen LogP contribution in [0.3, 0.4) is 0 Å². The summed E-state index contributed by atoms with van der Waals surface area (Å²) < 4.78 is 0. The first-order valence-electron chi connectivity index (χ1n) is 9.04. The number of nitriles is 1. The quantitative estimate of drug-likeness (QED) is 0.720. The van der Waals surface area contributed by atoms with Crippen molar-refractivity contribution >= 4 is 46.4 Å². The molecule has 8 heteroatoms. The Morgan fingerprint density at radius 2 is 1.90 bits per heavy atom. The number of carbonyl (C=O) groups is 1. The van der Waals surface area contributed by atoms with Gasteiger partial charge in [-0.1, -0.05) is 35.3 Å². The van der Waals surface area contributed by atoms with Gasteiger partial charge < -0.3 is 5.32 Å². The van der Waals surface area contributed by atoms with Crippen LogP contribution in [0.2, 0.25) is 10.0 Å². The molecule has 2 amide bonds. The molecule has 0 spiro atoms. The van der Waals surface area contributed by atoms with Crippen LogP contribution >= 0.6 is 23.2 Å². The van der Waals surface area contributed by atoms with Crippen molar-refractivity contribution in [3.8, 4) is 6.07 Å². The van der Waals surface area contributed by atoms with Crippen LogP contribution in [-0.4, -0.2) is 28.8 Å². The van der Waals surface area contributed by atoms with Crippen LogP contribution in [0.5, 0.6) is 0 Å². The largest absolute Gasteiger partial charge is 0.368 e. The molecule has 0 fully saturated rings. The molecule has 2 aromatic carbocycles. The molecule has 148 valence electrons. The van der Waals surface area contributed by atoms with Gasteiger partial charge in [0, 0.05) is 21.2 Å². The molecule has 2 aliphatic rings. The molecule has 0 aromatic heterocycles. The average molecular weight is 436 g/mol. The summed E-state index contributed by atoms with van der Waals surface area (Å²) in [6.07, 6.45) is 4.98. The van der Waals surface area contributed by atoms with Crippen molar-refractivity contribution in [3.05, 3.63) is 87.4 Å². The fraction of sp³-hybridized carbons (Fsp3) is 0.0909. The monoisotopic (exact) mass is 435 g/mol. The number of carbonyl (C=O) groups excluding carboxylic acids is 1. The van der Waals surface area contributed by atoms with Gasteiger partial charge in [0.1, 0.15) is 12.0 Å². The van der Waals surface area contributed by atoms with Crippen molar-refractivity contribution < 1.29 is 4.79 Å². The van der Waals surface area contributed by atoms with Crippen molar-refractivity contribution in [2.45, 2.75) is 13.1 Å². The molecule has 30 heavy (non-hydrogen) atoms. The molecule has 2 aromatic rings. The van der Waals surface area contributed by atoms with Gasteiger partial charge in [-0.2, -0.15) is 20.4 Å². The fourth-order valence-corrected chi connectivity index (χ4v) is 3.63. The number of urea groups is 1. The van der Waals surface area contributed by atoms with Crippen LogP contribution in [-0.2, 0) is 0 Å². The van der Waals surface area contributed by atoms with E-state index in [0.29, 0.717) is 32.7 Å². The van der Waals surface area contributed by atoms with E-state index in [1.54, 1.807) is 49.4 Å². The molecule has 2 heterocycles. The van der Waals surface area contributed by atoms with Gasteiger partial charge in [-0.15, -0.1) is 0 Å². The van der Waals surface area contributed by atoms with Crippen molar-refractivity contribution in [1.29, 1.82) is 5.26 Å². The smallest absolute Gasteiger partial charge is 0.344 e. The lowest BCUT2D eigenvalue weighted by Crippen LogP contribution is -2.51. The van der Waals surface area contributed by atoms with Crippen LogP contribution in [0.4, 0.5) is 4.79 Å². The maximum Gasteiger partial charge on any atom is 0.368 e. The number of fused-ring (bicyclic) bond motifs is 1. The molecular formula is C22H15Cl2N5O. The second-order valence-electron chi connectivity index (χ2n) is 6.69. The van der Waals surface area contributed by atoms with Gasteiger partial charge in [-0.25, -0.2) is 4.79 Å². The Hall–Kier alpha value is -3.40. The summed E-state index contributed by atoms with van der Waals surface area (Å²) in [5.74, 6) is 0.404. The SMILES string of the molecule is CC1=N/N2C(=O)N=C(c3ccc(C#N)cc3)NC2/C=C(c2ccc(Cl)cc2Cl)/C=C\1. The van der Waals surface area contributed by atoms with E-state index in [-0.39, 0.29) is 0 Å². The number of halogens is 2. The van der Waals surface area contributed by atoms with Crippen LogP contribution < -0.4 is 5.32 Å². The minimum absolute atomic E-state index is 0.404. The Bertz CT molecular complexity index is 1190. The molecule has 2 aliphatic heterocycles. The highest BCUT2D eigenvalue weighted by atomic mass is 35.5. The summed E-state index contributed by atoms with van der Waals surface area (Å²) in [5.41, 5.74) is 3.45. The van der Waals surface area contributed by atoms with Gasteiger partial charge in [0.2, 0.25) is 0 Å². The summed E-state index contributed by atoms with van der Waals surface area (Å²) in [6.45, 7) is 1.80. The van der Waals surface area contributed by atoms with E-state index in [9.17, 15) is 4.79 Å². The maximum atomic E-state index is 12.7. The first-order chi connectivity index (χ1) is 14.4. The Labute approximate surface area is 183 Å². The number of hydrogen-bond acceptors (Lipinski definition) is 4.